The summed E-state index contributed by atoms with van der Waals surface area (Å²) in [4.78, 5) is 17.0. The lowest BCUT2D eigenvalue weighted by molar-refractivity contribution is -0.139. The molecule has 0 bridgehead atoms. The minimum atomic E-state index is -3.63. The maximum absolute atomic E-state index is 13.0. The third kappa shape index (κ3) is 5.14. The Hall–Kier alpha value is -3.21. The Labute approximate surface area is 198 Å². The van der Waals surface area contributed by atoms with Gasteiger partial charge in [-0.2, -0.15) is 4.31 Å². The van der Waals surface area contributed by atoms with Crippen molar-refractivity contribution in [3.63, 3.8) is 0 Å². The summed E-state index contributed by atoms with van der Waals surface area (Å²) in [6.45, 7) is 3.94. The molecule has 2 heterocycles. The van der Waals surface area contributed by atoms with Gasteiger partial charge in [-0.1, -0.05) is 12.1 Å². The molecule has 180 valence electrons. The van der Waals surface area contributed by atoms with Gasteiger partial charge in [-0.25, -0.2) is 18.2 Å². The minimum Gasteiger partial charge on any atom is -0.497 e. The number of hydrogen-bond acceptors (Lipinski definition) is 7. The second-order valence-corrected chi connectivity index (χ2v) is 9.59. The van der Waals surface area contributed by atoms with Gasteiger partial charge in [-0.3, -0.25) is 0 Å². The number of carbonyl (C=O) groups is 1. The van der Waals surface area contributed by atoms with Gasteiger partial charge in [0, 0.05) is 25.7 Å². The number of methoxy groups -OCH3 is 1. The summed E-state index contributed by atoms with van der Waals surface area (Å²) in [6, 6.07) is 12.2. The molecule has 0 saturated carbocycles. The van der Waals surface area contributed by atoms with E-state index < -0.39 is 16.0 Å². The highest BCUT2D eigenvalue weighted by molar-refractivity contribution is 7.89. The van der Waals surface area contributed by atoms with Crippen LogP contribution in [0, 0.1) is 0 Å². The molecule has 1 fully saturated rings. The van der Waals surface area contributed by atoms with E-state index in [2.05, 4.69) is 4.98 Å². The van der Waals surface area contributed by atoms with Crippen LogP contribution in [0.25, 0.3) is 17.1 Å². The molecule has 9 nitrogen and oxygen atoms in total. The number of ether oxygens (including phenoxy) is 3. The van der Waals surface area contributed by atoms with Gasteiger partial charge in [-0.15, -0.1) is 0 Å². The standard InChI is InChI=1S/C24H27N3O6S/c1-3-27-22-9-8-20(34(29,30)26-11-13-32-14-12-26)16-21(22)25-23(27)17-33-24(28)10-7-18-5-4-6-19(15-18)31-2/h4-10,15-16H,3,11-14,17H2,1-2H3/b10-7+. The predicted octanol–water partition coefficient (Wildman–Crippen LogP) is 2.84. The van der Waals surface area contributed by atoms with Gasteiger partial charge in [0.05, 0.1) is 36.3 Å². The van der Waals surface area contributed by atoms with Gasteiger partial charge in [0.2, 0.25) is 10.0 Å². The number of esters is 1. The lowest BCUT2D eigenvalue weighted by Crippen LogP contribution is -2.40. The van der Waals surface area contributed by atoms with E-state index in [0.717, 1.165) is 11.1 Å². The molecule has 0 spiro atoms. The van der Waals surface area contributed by atoms with Crippen LogP contribution in [0.1, 0.15) is 18.3 Å². The summed E-state index contributed by atoms with van der Waals surface area (Å²) in [5.41, 5.74) is 2.13. The zero-order chi connectivity index (χ0) is 24.1. The predicted molar refractivity (Wildman–Crippen MR) is 127 cm³/mol. The van der Waals surface area contributed by atoms with Crippen molar-refractivity contribution >= 4 is 33.1 Å². The van der Waals surface area contributed by atoms with Gasteiger partial charge >= 0.3 is 5.97 Å². The van der Waals surface area contributed by atoms with E-state index >= 15 is 0 Å². The van der Waals surface area contributed by atoms with Crippen molar-refractivity contribution < 1.29 is 27.4 Å². The average Bonchev–Trinajstić information content (AvgIpc) is 3.23. The monoisotopic (exact) mass is 485 g/mol. The molecule has 0 unspecified atom stereocenters. The SMILES string of the molecule is CCn1c(COC(=O)/C=C/c2cccc(OC)c2)nc2cc(S(=O)(=O)N3CCOCC3)ccc21. The maximum atomic E-state index is 13.0. The van der Waals surface area contributed by atoms with Crippen LogP contribution in [0.4, 0.5) is 0 Å². The van der Waals surface area contributed by atoms with E-state index in [4.69, 9.17) is 14.2 Å². The normalized spacial score (nSPS) is 15.1. The van der Waals surface area contributed by atoms with Gasteiger partial charge in [0.15, 0.2) is 0 Å². The lowest BCUT2D eigenvalue weighted by atomic mass is 10.2. The fourth-order valence-corrected chi connectivity index (χ4v) is 5.24. The van der Waals surface area contributed by atoms with Crippen LogP contribution in [-0.4, -0.2) is 61.7 Å². The number of aromatic nitrogens is 2. The fraction of sp³-hybridized carbons (Fsp3) is 0.333. The number of imidazole rings is 1. The van der Waals surface area contributed by atoms with E-state index in [-0.39, 0.29) is 11.5 Å². The Balaban J connectivity index is 1.50. The van der Waals surface area contributed by atoms with Crippen LogP contribution in [-0.2, 0) is 37.4 Å². The molecule has 4 rings (SSSR count). The molecule has 1 aliphatic heterocycles. The van der Waals surface area contributed by atoms with Crippen molar-refractivity contribution in [2.75, 3.05) is 33.4 Å². The lowest BCUT2D eigenvalue weighted by Gasteiger charge is -2.26. The van der Waals surface area contributed by atoms with E-state index in [1.54, 1.807) is 31.4 Å². The smallest absolute Gasteiger partial charge is 0.331 e. The first-order valence-electron chi connectivity index (χ1n) is 11.0. The first kappa shape index (κ1) is 23.9. The second kappa shape index (κ2) is 10.4. The topological polar surface area (TPSA) is 100.0 Å². The van der Waals surface area contributed by atoms with Crippen LogP contribution in [0.3, 0.4) is 0 Å². The molecule has 10 heteroatoms. The van der Waals surface area contributed by atoms with E-state index in [1.165, 1.54) is 10.4 Å². The van der Waals surface area contributed by atoms with E-state index in [9.17, 15) is 13.2 Å². The van der Waals surface area contributed by atoms with Crippen LogP contribution in [0.15, 0.2) is 53.4 Å². The second-order valence-electron chi connectivity index (χ2n) is 7.66. The number of benzene rings is 2. The quantitative estimate of drug-likeness (QED) is 0.357. The molecule has 0 aliphatic carbocycles. The number of sulfonamides is 1. The number of fused-ring (bicyclic) bond motifs is 1. The Morgan fingerprint density at radius 1 is 1.18 bits per heavy atom. The molecule has 0 radical (unpaired) electrons. The highest BCUT2D eigenvalue weighted by Gasteiger charge is 2.27. The van der Waals surface area contributed by atoms with Crippen molar-refractivity contribution in [1.82, 2.24) is 13.9 Å². The van der Waals surface area contributed by atoms with E-state index in [0.29, 0.717) is 49.9 Å². The van der Waals surface area contributed by atoms with Crippen molar-refractivity contribution in [3.8, 4) is 5.75 Å². The molecule has 1 aromatic heterocycles. The highest BCUT2D eigenvalue weighted by atomic mass is 32.2. The number of rotatable bonds is 8. The molecule has 34 heavy (non-hydrogen) atoms. The number of nitrogens with zero attached hydrogens (tertiary/aromatic N) is 3. The molecule has 3 aromatic rings. The molecule has 0 N–H and O–H groups in total. The number of aryl methyl sites for hydroxylation is 1. The zero-order valence-corrected chi connectivity index (χ0v) is 20.0. The van der Waals surface area contributed by atoms with Crippen molar-refractivity contribution in [3.05, 3.63) is 59.9 Å². The molecule has 0 atom stereocenters. The summed E-state index contributed by atoms with van der Waals surface area (Å²) in [7, 11) is -2.05. The van der Waals surface area contributed by atoms with Crippen LogP contribution in [0.2, 0.25) is 0 Å². The largest absolute Gasteiger partial charge is 0.497 e. The molecular formula is C24H27N3O6S. The van der Waals surface area contributed by atoms with Crippen LogP contribution >= 0.6 is 0 Å². The van der Waals surface area contributed by atoms with Gasteiger partial charge in [0.25, 0.3) is 0 Å². The number of carbonyl (C=O) groups excluding carboxylic acids is 1. The summed E-state index contributed by atoms with van der Waals surface area (Å²) < 4.78 is 45.1. The van der Waals surface area contributed by atoms with Crippen molar-refractivity contribution in [1.29, 1.82) is 0 Å². The zero-order valence-electron chi connectivity index (χ0n) is 19.1. The Morgan fingerprint density at radius 3 is 2.71 bits per heavy atom. The first-order chi connectivity index (χ1) is 16.4. The van der Waals surface area contributed by atoms with Gasteiger partial charge < -0.3 is 18.8 Å². The summed E-state index contributed by atoms with van der Waals surface area (Å²) in [5, 5.41) is 0. The van der Waals surface area contributed by atoms with Crippen molar-refractivity contribution in [2.45, 2.75) is 25.0 Å². The maximum Gasteiger partial charge on any atom is 0.331 e. The minimum absolute atomic E-state index is 0.0324. The Kier molecular flexibility index (Phi) is 7.30. The van der Waals surface area contributed by atoms with Crippen molar-refractivity contribution in [2.24, 2.45) is 0 Å². The fourth-order valence-electron chi connectivity index (χ4n) is 3.81. The van der Waals surface area contributed by atoms with Gasteiger partial charge in [-0.05, 0) is 48.9 Å². The van der Waals surface area contributed by atoms with Gasteiger partial charge in [0.1, 0.15) is 18.2 Å². The summed E-state index contributed by atoms with van der Waals surface area (Å²) in [5.74, 6) is 0.733. The Bertz CT molecular complexity index is 1310. The molecule has 0 amide bonds. The summed E-state index contributed by atoms with van der Waals surface area (Å²) in [6.07, 6.45) is 3.00. The van der Waals surface area contributed by atoms with E-state index in [1.807, 2.05) is 35.8 Å². The summed E-state index contributed by atoms with van der Waals surface area (Å²) >= 11 is 0. The van der Waals surface area contributed by atoms with Crippen LogP contribution in [0.5, 0.6) is 5.75 Å². The molecular weight excluding hydrogens is 458 g/mol. The first-order valence-corrected chi connectivity index (χ1v) is 12.4. The third-order valence-corrected chi connectivity index (χ3v) is 7.47. The molecule has 1 aliphatic rings. The third-order valence-electron chi connectivity index (χ3n) is 5.57. The number of hydrogen-bond donors (Lipinski definition) is 0. The molecule has 2 aromatic carbocycles. The Morgan fingerprint density at radius 2 is 1.97 bits per heavy atom. The average molecular weight is 486 g/mol. The molecule has 1 saturated heterocycles. The number of morpholine rings is 1. The van der Waals surface area contributed by atoms with Crippen LogP contribution < -0.4 is 4.74 Å². The highest BCUT2D eigenvalue weighted by Crippen LogP contribution is 2.24.